The number of hydrogen-bond donors (Lipinski definition) is 1. The molecule has 0 aliphatic carbocycles. The molecule has 7 heteroatoms. The second-order valence-electron chi connectivity index (χ2n) is 6.94. The first kappa shape index (κ1) is 18.1. The number of benzene rings is 1. The highest BCUT2D eigenvalue weighted by molar-refractivity contribution is 6.30. The quantitative estimate of drug-likeness (QED) is 0.700. The van der Waals surface area contributed by atoms with Crippen LogP contribution in [0.4, 0.5) is 0 Å². The first-order chi connectivity index (χ1) is 13.0. The van der Waals surface area contributed by atoms with Crippen molar-refractivity contribution >= 4 is 28.3 Å². The molecule has 0 atom stereocenters. The molecule has 1 aliphatic rings. The number of aromatic nitrogens is 3. The van der Waals surface area contributed by atoms with Crippen LogP contribution in [0, 0.1) is 6.92 Å². The minimum atomic E-state index is -0.248. The lowest BCUT2D eigenvalue weighted by Gasteiger charge is -2.28. The van der Waals surface area contributed by atoms with Gasteiger partial charge in [-0.05, 0) is 25.8 Å². The van der Waals surface area contributed by atoms with E-state index in [1.165, 1.54) is 0 Å². The minimum absolute atomic E-state index is 0.0767. The van der Waals surface area contributed by atoms with E-state index >= 15 is 0 Å². The third kappa shape index (κ3) is 3.48. The second kappa shape index (κ2) is 7.38. The topological polar surface area (TPSA) is 71.2 Å². The van der Waals surface area contributed by atoms with Gasteiger partial charge in [0.05, 0.1) is 35.6 Å². The van der Waals surface area contributed by atoms with Crippen LogP contribution < -0.4 is 0 Å². The van der Waals surface area contributed by atoms with Crippen LogP contribution in [0.25, 0.3) is 16.9 Å². The van der Waals surface area contributed by atoms with Gasteiger partial charge in [-0.2, -0.15) is 0 Å². The van der Waals surface area contributed by atoms with E-state index in [1.807, 2.05) is 35.8 Å². The number of fused-ring (bicyclic) bond motifs is 1. The van der Waals surface area contributed by atoms with E-state index in [1.54, 1.807) is 12.4 Å². The summed E-state index contributed by atoms with van der Waals surface area (Å²) in [6, 6.07) is 7.80. The van der Waals surface area contributed by atoms with E-state index in [4.69, 9.17) is 11.6 Å². The molecule has 0 radical (unpaired) electrons. The summed E-state index contributed by atoms with van der Waals surface area (Å²) in [6.45, 7) is 3.75. The zero-order valence-corrected chi connectivity index (χ0v) is 15.9. The monoisotopic (exact) mass is 384 g/mol. The van der Waals surface area contributed by atoms with Crippen LogP contribution in [0.3, 0.4) is 0 Å². The molecule has 0 spiro atoms. The Bertz CT molecular complexity index is 976. The Kier molecular flexibility index (Phi) is 4.95. The molecule has 6 nitrogen and oxygen atoms in total. The maximum atomic E-state index is 13.1. The molecule has 27 heavy (non-hydrogen) atoms. The number of likely N-dealkylation sites (tertiary alicyclic amines) is 1. The first-order valence-corrected chi connectivity index (χ1v) is 9.44. The number of carbonyl (C=O) groups is 1. The van der Waals surface area contributed by atoms with E-state index in [0.717, 1.165) is 29.7 Å². The number of Topliss-reactive ketones (excluding diaryl/α,β-unsaturated/α-hetero) is 1. The lowest BCUT2D eigenvalue weighted by Crippen LogP contribution is -2.39. The highest BCUT2D eigenvalue weighted by atomic mass is 35.5. The van der Waals surface area contributed by atoms with Gasteiger partial charge in [-0.15, -0.1) is 0 Å². The number of hydrogen-bond acceptors (Lipinski definition) is 5. The van der Waals surface area contributed by atoms with Gasteiger partial charge >= 0.3 is 0 Å². The number of rotatable bonds is 4. The van der Waals surface area contributed by atoms with Crippen molar-refractivity contribution in [3.63, 3.8) is 0 Å². The van der Waals surface area contributed by atoms with E-state index < -0.39 is 0 Å². The summed E-state index contributed by atoms with van der Waals surface area (Å²) in [7, 11) is 0. The average molecular weight is 385 g/mol. The molecule has 4 rings (SSSR count). The number of ketones is 1. The fourth-order valence-electron chi connectivity index (χ4n) is 3.76. The number of para-hydroxylation sites is 1. The van der Waals surface area contributed by atoms with Gasteiger partial charge in [0.1, 0.15) is 0 Å². The largest absolute Gasteiger partial charge is 0.393 e. The molecule has 1 aliphatic heterocycles. The number of aliphatic hydroxyl groups is 1. The third-order valence-corrected chi connectivity index (χ3v) is 5.32. The van der Waals surface area contributed by atoms with Crippen LogP contribution in [0.5, 0.6) is 0 Å². The lowest BCUT2D eigenvalue weighted by molar-refractivity contribution is 0.0711. The van der Waals surface area contributed by atoms with E-state index in [0.29, 0.717) is 35.9 Å². The molecule has 2 aromatic heterocycles. The van der Waals surface area contributed by atoms with Gasteiger partial charge in [-0.25, -0.2) is 9.97 Å². The summed E-state index contributed by atoms with van der Waals surface area (Å²) in [6.07, 6.45) is 4.29. The van der Waals surface area contributed by atoms with Gasteiger partial charge in [0, 0.05) is 29.7 Å². The number of halogens is 1. The van der Waals surface area contributed by atoms with Crippen molar-refractivity contribution in [2.24, 2.45) is 0 Å². The molecular formula is C20H21ClN4O2. The predicted octanol–water partition coefficient (Wildman–Crippen LogP) is 3.02. The molecule has 1 aromatic carbocycles. The average Bonchev–Trinajstić information content (AvgIpc) is 2.96. The number of nitrogens with zero attached hydrogens (tertiary/aromatic N) is 4. The molecular weight excluding hydrogens is 364 g/mol. The molecule has 3 heterocycles. The zero-order chi connectivity index (χ0) is 19.0. The molecule has 1 N–H and O–H groups in total. The number of aliphatic hydroxyl groups excluding tert-OH is 1. The van der Waals surface area contributed by atoms with Crippen molar-refractivity contribution in [1.29, 1.82) is 0 Å². The van der Waals surface area contributed by atoms with E-state index in [-0.39, 0.29) is 11.9 Å². The first-order valence-electron chi connectivity index (χ1n) is 9.06. The Balaban J connectivity index is 1.74. The number of carbonyl (C=O) groups excluding carboxylic acids is 1. The van der Waals surface area contributed by atoms with Crippen LogP contribution in [0.2, 0.25) is 5.02 Å². The molecule has 1 saturated heterocycles. The van der Waals surface area contributed by atoms with Crippen LogP contribution >= 0.6 is 11.6 Å². The summed E-state index contributed by atoms with van der Waals surface area (Å²) >= 11 is 5.92. The van der Waals surface area contributed by atoms with Crippen molar-refractivity contribution in [2.45, 2.75) is 25.9 Å². The van der Waals surface area contributed by atoms with Crippen molar-refractivity contribution in [1.82, 2.24) is 19.4 Å². The van der Waals surface area contributed by atoms with Crippen LogP contribution in [-0.4, -0.2) is 56.1 Å². The normalized spacial score (nSPS) is 16.1. The van der Waals surface area contributed by atoms with Gasteiger partial charge < -0.3 is 5.11 Å². The van der Waals surface area contributed by atoms with Gasteiger partial charge in [-0.3, -0.25) is 14.3 Å². The Morgan fingerprint density at radius 2 is 1.89 bits per heavy atom. The van der Waals surface area contributed by atoms with Gasteiger partial charge in [0.25, 0.3) is 0 Å². The van der Waals surface area contributed by atoms with Crippen molar-refractivity contribution in [3.05, 3.63) is 52.9 Å². The highest BCUT2D eigenvalue weighted by Gasteiger charge is 2.25. The van der Waals surface area contributed by atoms with Crippen molar-refractivity contribution in [3.8, 4) is 5.95 Å². The minimum Gasteiger partial charge on any atom is -0.393 e. The van der Waals surface area contributed by atoms with Crippen LogP contribution in [0.1, 0.15) is 28.9 Å². The Morgan fingerprint density at radius 1 is 1.22 bits per heavy atom. The zero-order valence-electron chi connectivity index (χ0n) is 15.1. The third-order valence-electron chi connectivity index (χ3n) is 5.12. The Hall–Kier alpha value is -2.28. The maximum absolute atomic E-state index is 13.1. The number of piperidine rings is 1. The summed E-state index contributed by atoms with van der Waals surface area (Å²) in [5.74, 6) is 0.570. The Morgan fingerprint density at radius 3 is 2.59 bits per heavy atom. The Labute approximate surface area is 162 Å². The summed E-state index contributed by atoms with van der Waals surface area (Å²) < 4.78 is 1.90. The smallest absolute Gasteiger partial charge is 0.234 e. The fourth-order valence-corrected chi connectivity index (χ4v) is 3.86. The van der Waals surface area contributed by atoms with Crippen molar-refractivity contribution in [2.75, 3.05) is 19.6 Å². The molecule has 0 unspecified atom stereocenters. The maximum Gasteiger partial charge on any atom is 0.234 e. The summed E-state index contributed by atoms with van der Waals surface area (Å²) in [5.41, 5.74) is 2.42. The van der Waals surface area contributed by atoms with Crippen LogP contribution in [-0.2, 0) is 0 Å². The summed E-state index contributed by atoms with van der Waals surface area (Å²) in [4.78, 5) is 23.9. The standard InChI is InChI=1S/C20H21ClN4O2/c1-13-19(18(27)12-24-8-6-15(26)7-9-24)16-4-2-3-5-17(16)25(13)20-22-10-14(21)11-23-20/h2-5,10-11,15,26H,6-9,12H2,1H3. The highest BCUT2D eigenvalue weighted by Crippen LogP contribution is 2.29. The van der Waals surface area contributed by atoms with Crippen molar-refractivity contribution < 1.29 is 9.90 Å². The molecule has 0 amide bonds. The van der Waals surface area contributed by atoms with E-state index in [9.17, 15) is 9.90 Å². The summed E-state index contributed by atoms with van der Waals surface area (Å²) in [5, 5.41) is 11.0. The predicted molar refractivity (Wildman–Crippen MR) is 105 cm³/mol. The molecule has 1 fully saturated rings. The van der Waals surface area contributed by atoms with Gasteiger partial charge in [-0.1, -0.05) is 29.8 Å². The van der Waals surface area contributed by atoms with Crippen LogP contribution in [0.15, 0.2) is 36.7 Å². The van der Waals surface area contributed by atoms with Gasteiger partial charge in [0.15, 0.2) is 5.78 Å². The van der Waals surface area contributed by atoms with Gasteiger partial charge in [0.2, 0.25) is 5.95 Å². The fraction of sp³-hybridized carbons (Fsp3) is 0.350. The lowest BCUT2D eigenvalue weighted by atomic mass is 10.0. The van der Waals surface area contributed by atoms with E-state index in [2.05, 4.69) is 14.9 Å². The SMILES string of the molecule is Cc1c(C(=O)CN2CCC(O)CC2)c2ccccc2n1-c1ncc(Cl)cn1. The molecule has 140 valence electrons. The molecule has 0 saturated carbocycles. The second-order valence-corrected chi connectivity index (χ2v) is 7.38. The molecule has 0 bridgehead atoms. The molecule has 3 aromatic rings.